The van der Waals surface area contributed by atoms with Gasteiger partial charge in [0.05, 0.1) is 11.6 Å². The van der Waals surface area contributed by atoms with Crippen LogP contribution in [0.3, 0.4) is 0 Å². The highest BCUT2D eigenvalue weighted by molar-refractivity contribution is 5.92. The third-order valence-electron chi connectivity index (χ3n) is 6.45. The van der Waals surface area contributed by atoms with Gasteiger partial charge in [-0.2, -0.15) is 5.26 Å². The number of carbonyl (C=O) groups excluding carboxylic acids is 2. The predicted molar refractivity (Wildman–Crippen MR) is 161 cm³/mol. The van der Waals surface area contributed by atoms with Crippen molar-refractivity contribution in [3.63, 3.8) is 0 Å². The standard InChI is InChI=1S/C33H23N5O4/c1-19(39)35-26-11-13-30-28(16-26)37-32(41-30)23-7-4-21(5-8-23)3-6-22-9-10-24(15-25(22)18-34)33-38-29-17-27(36-20(2)40)12-14-31(29)42-33/h3-17H,1-2H3,(H,35,39)(H,36,40). The number of aromatic nitrogens is 2. The summed E-state index contributed by atoms with van der Waals surface area (Å²) in [6.45, 7) is 2.90. The van der Waals surface area contributed by atoms with Gasteiger partial charge >= 0.3 is 0 Å². The molecule has 9 nitrogen and oxygen atoms in total. The van der Waals surface area contributed by atoms with Gasteiger partial charge < -0.3 is 19.5 Å². The number of anilines is 2. The molecule has 42 heavy (non-hydrogen) atoms. The van der Waals surface area contributed by atoms with Gasteiger partial charge in [-0.05, 0) is 71.8 Å². The van der Waals surface area contributed by atoms with Crippen LogP contribution in [0.2, 0.25) is 0 Å². The SMILES string of the molecule is CC(=O)Nc1ccc2oc(-c3ccc(C=Cc4ccc(-c5nc6cc(NC(C)=O)ccc6o5)cc4C#N)cc3)nc2c1. The zero-order valence-corrected chi connectivity index (χ0v) is 22.6. The molecule has 0 saturated heterocycles. The fourth-order valence-corrected chi connectivity index (χ4v) is 4.52. The molecule has 2 aromatic heterocycles. The van der Waals surface area contributed by atoms with Crippen LogP contribution in [0.25, 0.3) is 57.3 Å². The molecule has 6 aromatic rings. The lowest BCUT2D eigenvalue weighted by atomic mass is 10.0. The summed E-state index contributed by atoms with van der Waals surface area (Å²) in [5, 5.41) is 15.3. The molecule has 6 rings (SSSR count). The minimum atomic E-state index is -0.168. The van der Waals surface area contributed by atoms with E-state index in [1.54, 1.807) is 42.5 Å². The molecule has 4 aromatic carbocycles. The van der Waals surface area contributed by atoms with Gasteiger partial charge in [-0.3, -0.25) is 9.59 Å². The van der Waals surface area contributed by atoms with Gasteiger partial charge in [0.15, 0.2) is 11.2 Å². The van der Waals surface area contributed by atoms with E-state index < -0.39 is 0 Å². The fraction of sp³-hybridized carbons (Fsp3) is 0.0606. The first kappa shape index (κ1) is 26.2. The Kier molecular flexibility index (Phi) is 6.79. The summed E-state index contributed by atoms with van der Waals surface area (Å²) in [7, 11) is 0. The number of amides is 2. The van der Waals surface area contributed by atoms with Crippen LogP contribution < -0.4 is 10.6 Å². The number of carbonyl (C=O) groups is 2. The van der Waals surface area contributed by atoms with E-state index >= 15 is 0 Å². The minimum Gasteiger partial charge on any atom is -0.436 e. The number of hydrogen-bond acceptors (Lipinski definition) is 7. The lowest BCUT2D eigenvalue weighted by Crippen LogP contribution is -2.05. The molecule has 0 unspecified atom stereocenters. The predicted octanol–water partition coefficient (Wildman–Crippen LogP) is 7.26. The number of fused-ring (bicyclic) bond motifs is 2. The average Bonchev–Trinajstić information content (AvgIpc) is 3.59. The van der Waals surface area contributed by atoms with Crippen molar-refractivity contribution in [3.8, 4) is 29.0 Å². The summed E-state index contributed by atoms with van der Waals surface area (Å²) >= 11 is 0. The van der Waals surface area contributed by atoms with Crippen LogP contribution in [0.4, 0.5) is 11.4 Å². The maximum atomic E-state index is 11.4. The van der Waals surface area contributed by atoms with Crippen LogP contribution in [0.5, 0.6) is 0 Å². The van der Waals surface area contributed by atoms with Crippen molar-refractivity contribution < 1.29 is 18.4 Å². The van der Waals surface area contributed by atoms with Gasteiger partial charge in [0.25, 0.3) is 0 Å². The van der Waals surface area contributed by atoms with Crippen LogP contribution in [0, 0.1) is 11.3 Å². The largest absolute Gasteiger partial charge is 0.436 e. The van der Waals surface area contributed by atoms with E-state index in [0.29, 0.717) is 56.5 Å². The molecule has 204 valence electrons. The Hall–Kier alpha value is -6.01. The summed E-state index contributed by atoms with van der Waals surface area (Å²) in [4.78, 5) is 31.8. The fourth-order valence-electron chi connectivity index (χ4n) is 4.52. The molecule has 0 radical (unpaired) electrons. The smallest absolute Gasteiger partial charge is 0.227 e. The Labute approximate surface area is 240 Å². The van der Waals surface area contributed by atoms with Crippen LogP contribution in [0.15, 0.2) is 87.7 Å². The van der Waals surface area contributed by atoms with Gasteiger partial charge in [-0.1, -0.05) is 30.4 Å². The molecule has 0 spiro atoms. The average molecular weight is 554 g/mol. The van der Waals surface area contributed by atoms with Gasteiger partial charge in [-0.25, -0.2) is 9.97 Å². The van der Waals surface area contributed by atoms with Gasteiger partial charge in [0, 0.05) is 36.3 Å². The van der Waals surface area contributed by atoms with Crippen LogP contribution in [0.1, 0.15) is 30.5 Å². The Morgan fingerprint density at radius 2 is 1.26 bits per heavy atom. The summed E-state index contributed by atoms with van der Waals surface area (Å²) < 4.78 is 11.8. The molecular formula is C33H23N5O4. The number of hydrogen-bond donors (Lipinski definition) is 2. The Balaban J connectivity index is 1.20. The molecule has 0 saturated carbocycles. The number of rotatable bonds is 6. The Bertz CT molecular complexity index is 2060. The van der Waals surface area contributed by atoms with Crippen molar-refractivity contribution in [2.75, 3.05) is 10.6 Å². The van der Waals surface area contributed by atoms with E-state index in [9.17, 15) is 14.9 Å². The van der Waals surface area contributed by atoms with Crippen LogP contribution in [-0.4, -0.2) is 21.8 Å². The van der Waals surface area contributed by atoms with Gasteiger partial charge in [0.2, 0.25) is 23.6 Å². The lowest BCUT2D eigenvalue weighted by Gasteiger charge is -2.02. The van der Waals surface area contributed by atoms with E-state index in [1.165, 1.54) is 13.8 Å². The van der Waals surface area contributed by atoms with Crippen molar-refractivity contribution in [2.45, 2.75) is 13.8 Å². The van der Waals surface area contributed by atoms with Crippen LogP contribution >= 0.6 is 0 Å². The zero-order valence-electron chi connectivity index (χ0n) is 22.6. The molecule has 2 amide bonds. The third-order valence-corrected chi connectivity index (χ3v) is 6.45. The lowest BCUT2D eigenvalue weighted by molar-refractivity contribution is -0.115. The van der Waals surface area contributed by atoms with Gasteiger partial charge in [0.1, 0.15) is 11.0 Å². The van der Waals surface area contributed by atoms with E-state index in [1.807, 2.05) is 48.6 Å². The maximum absolute atomic E-state index is 11.4. The first-order valence-electron chi connectivity index (χ1n) is 13.0. The highest BCUT2D eigenvalue weighted by Gasteiger charge is 2.12. The summed E-state index contributed by atoms with van der Waals surface area (Å²) in [6, 6.07) is 26.0. The normalized spacial score (nSPS) is 11.2. The zero-order chi connectivity index (χ0) is 29.2. The number of nitrogens with zero attached hydrogens (tertiary/aromatic N) is 3. The molecule has 0 bridgehead atoms. The van der Waals surface area contributed by atoms with Crippen LogP contribution in [-0.2, 0) is 9.59 Å². The highest BCUT2D eigenvalue weighted by Crippen LogP contribution is 2.29. The van der Waals surface area contributed by atoms with Crippen molar-refractivity contribution in [2.24, 2.45) is 0 Å². The first-order valence-corrected chi connectivity index (χ1v) is 13.0. The molecule has 0 fully saturated rings. The molecule has 9 heteroatoms. The number of oxazole rings is 2. The second-order valence-electron chi connectivity index (χ2n) is 9.63. The Morgan fingerprint density at radius 3 is 1.81 bits per heavy atom. The highest BCUT2D eigenvalue weighted by atomic mass is 16.4. The van der Waals surface area contributed by atoms with Gasteiger partial charge in [-0.15, -0.1) is 0 Å². The molecule has 0 aliphatic rings. The molecule has 2 heterocycles. The van der Waals surface area contributed by atoms with E-state index in [-0.39, 0.29) is 11.8 Å². The second-order valence-corrected chi connectivity index (χ2v) is 9.63. The van der Waals surface area contributed by atoms with Crippen molar-refractivity contribution in [3.05, 3.63) is 95.6 Å². The van der Waals surface area contributed by atoms with E-state index in [4.69, 9.17) is 8.83 Å². The maximum Gasteiger partial charge on any atom is 0.227 e. The van der Waals surface area contributed by atoms with Crippen molar-refractivity contribution >= 4 is 57.5 Å². The summed E-state index contributed by atoms with van der Waals surface area (Å²) in [6.07, 6.45) is 3.81. The topological polar surface area (TPSA) is 134 Å². The summed E-state index contributed by atoms with van der Waals surface area (Å²) in [5.41, 5.74) is 7.41. The third kappa shape index (κ3) is 5.50. The number of benzene rings is 4. The first-order chi connectivity index (χ1) is 20.3. The molecular weight excluding hydrogens is 530 g/mol. The quantitative estimate of drug-likeness (QED) is 0.207. The monoisotopic (exact) mass is 553 g/mol. The molecule has 2 N–H and O–H groups in total. The second kappa shape index (κ2) is 10.9. The van der Waals surface area contributed by atoms with Crippen molar-refractivity contribution in [1.29, 1.82) is 5.26 Å². The minimum absolute atomic E-state index is 0.151. The molecule has 0 aliphatic carbocycles. The molecule has 0 aliphatic heterocycles. The van der Waals surface area contributed by atoms with Crippen molar-refractivity contribution in [1.82, 2.24) is 9.97 Å². The molecule has 0 atom stereocenters. The van der Waals surface area contributed by atoms with E-state index in [0.717, 1.165) is 16.7 Å². The van der Waals surface area contributed by atoms with E-state index in [2.05, 4.69) is 26.7 Å². The summed E-state index contributed by atoms with van der Waals surface area (Å²) in [5.74, 6) is 0.548. The Morgan fingerprint density at radius 1 is 0.714 bits per heavy atom. The number of nitriles is 1. The number of nitrogens with one attached hydrogen (secondary N) is 2.